The van der Waals surface area contributed by atoms with Crippen LogP contribution in [-0.2, 0) is 24.8 Å². The third kappa shape index (κ3) is 3.30. The van der Waals surface area contributed by atoms with Crippen molar-refractivity contribution in [1.82, 2.24) is 19.6 Å². The highest BCUT2D eigenvalue weighted by molar-refractivity contribution is 6.06. The zero-order chi connectivity index (χ0) is 21.5. The highest BCUT2D eigenvalue weighted by Crippen LogP contribution is 2.28. The van der Waals surface area contributed by atoms with Crippen LogP contribution in [-0.4, -0.2) is 50.5 Å². The van der Waals surface area contributed by atoms with Crippen LogP contribution in [0.4, 0.5) is 0 Å². The fourth-order valence-electron chi connectivity index (χ4n) is 4.70. The number of amides is 2. The predicted octanol–water partition coefficient (Wildman–Crippen LogP) is 2.12. The number of hydrogen-bond donors (Lipinski definition) is 0. The van der Waals surface area contributed by atoms with Crippen LogP contribution in [0.3, 0.4) is 0 Å². The lowest BCUT2D eigenvalue weighted by Gasteiger charge is -2.37. The number of aryl methyl sites for hydroxylation is 1. The molecule has 0 unspecified atom stereocenters. The molecule has 1 atom stereocenters. The lowest BCUT2D eigenvalue weighted by Crippen LogP contribution is -2.53. The molecule has 3 heterocycles. The summed E-state index contributed by atoms with van der Waals surface area (Å²) in [5.74, 6) is -0.326. The summed E-state index contributed by atoms with van der Waals surface area (Å²) in [6.07, 6.45) is 2.48. The molecule has 0 N–H and O–H groups in total. The van der Waals surface area contributed by atoms with E-state index in [0.717, 1.165) is 37.1 Å². The van der Waals surface area contributed by atoms with Crippen LogP contribution in [0.25, 0.3) is 10.8 Å². The standard InChI is InChI=1S/C24H24N4O3/c1-26-22(29)19-11-5-4-10-18(19)21(25-26)24(31)28-15-17-9-3-2-8-16(17)14-20(28)23(30)27-12-6-7-13-27/h2-5,8-11,20H,6-7,12-15H2,1H3/t20-/m0/s1. The van der Waals surface area contributed by atoms with Gasteiger partial charge in [-0.3, -0.25) is 14.4 Å². The van der Waals surface area contributed by atoms with Gasteiger partial charge in [0, 0.05) is 38.5 Å². The fraction of sp³-hybridized carbons (Fsp3) is 0.333. The average Bonchev–Trinajstić information content (AvgIpc) is 3.35. The summed E-state index contributed by atoms with van der Waals surface area (Å²) >= 11 is 0. The molecule has 0 spiro atoms. The Kier molecular flexibility index (Phi) is 4.81. The largest absolute Gasteiger partial charge is 0.341 e. The van der Waals surface area contributed by atoms with Crippen molar-refractivity contribution in [2.24, 2.45) is 7.05 Å². The summed E-state index contributed by atoms with van der Waals surface area (Å²) in [6, 6.07) is 14.4. The zero-order valence-electron chi connectivity index (χ0n) is 17.5. The van der Waals surface area contributed by atoms with Crippen LogP contribution in [0.5, 0.6) is 0 Å². The van der Waals surface area contributed by atoms with E-state index in [1.165, 1.54) is 4.68 Å². The topological polar surface area (TPSA) is 75.5 Å². The molecule has 1 saturated heterocycles. The van der Waals surface area contributed by atoms with E-state index in [4.69, 9.17) is 0 Å². The van der Waals surface area contributed by atoms with Gasteiger partial charge in [-0.1, -0.05) is 42.5 Å². The molecule has 2 amide bonds. The van der Waals surface area contributed by atoms with E-state index in [9.17, 15) is 14.4 Å². The van der Waals surface area contributed by atoms with Gasteiger partial charge in [0.2, 0.25) is 5.91 Å². The van der Waals surface area contributed by atoms with Gasteiger partial charge in [-0.15, -0.1) is 0 Å². The molecule has 0 radical (unpaired) electrons. The number of likely N-dealkylation sites (tertiary alicyclic amines) is 1. The van der Waals surface area contributed by atoms with Crippen molar-refractivity contribution in [3.8, 4) is 0 Å². The molecule has 7 heteroatoms. The Morgan fingerprint density at radius 2 is 1.58 bits per heavy atom. The summed E-state index contributed by atoms with van der Waals surface area (Å²) in [7, 11) is 1.55. The second-order valence-electron chi connectivity index (χ2n) is 8.28. The lowest BCUT2D eigenvalue weighted by molar-refractivity contribution is -0.135. The normalized spacial score (nSPS) is 18.3. The van der Waals surface area contributed by atoms with Crippen molar-refractivity contribution in [3.63, 3.8) is 0 Å². The Balaban J connectivity index is 1.60. The number of fused-ring (bicyclic) bond motifs is 2. The number of carbonyl (C=O) groups excluding carboxylic acids is 2. The van der Waals surface area contributed by atoms with Gasteiger partial charge in [-0.2, -0.15) is 5.10 Å². The first-order chi connectivity index (χ1) is 15.0. The molecule has 1 aromatic heterocycles. The van der Waals surface area contributed by atoms with E-state index < -0.39 is 6.04 Å². The molecule has 1 fully saturated rings. The summed E-state index contributed by atoms with van der Waals surface area (Å²) in [5, 5.41) is 5.27. The lowest BCUT2D eigenvalue weighted by atomic mass is 9.92. The van der Waals surface area contributed by atoms with Crippen molar-refractivity contribution in [1.29, 1.82) is 0 Å². The molecule has 31 heavy (non-hydrogen) atoms. The van der Waals surface area contributed by atoms with Crippen LogP contribution >= 0.6 is 0 Å². The van der Waals surface area contributed by atoms with E-state index in [0.29, 0.717) is 23.7 Å². The van der Waals surface area contributed by atoms with Gasteiger partial charge in [0.25, 0.3) is 11.5 Å². The Bertz CT molecular complexity index is 1240. The number of benzene rings is 2. The summed E-state index contributed by atoms with van der Waals surface area (Å²) in [4.78, 5) is 43.2. The first-order valence-corrected chi connectivity index (χ1v) is 10.7. The number of carbonyl (C=O) groups is 2. The summed E-state index contributed by atoms with van der Waals surface area (Å²) in [5.41, 5.74) is 2.09. The Morgan fingerprint density at radius 3 is 2.32 bits per heavy atom. The van der Waals surface area contributed by atoms with Crippen molar-refractivity contribution in [3.05, 3.63) is 75.7 Å². The van der Waals surface area contributed by atoms with Gasteiger partial charge in [0.15, 0.2) is 5.69 Å². The molecule has 2 aromatic carbocycles. The maximum absolute atomic E-state index is 13.8. The molecule has 3 aromatic rings. The predicted molar refractivity (Wildman–Crippen MR) is 117 cm³/mol. The smallest absolute Gasteiger partial charge is 0.275 e. The fourth-order valence-corrected chi connectivity index (χ4v) is 4.70. The van der Waals surface area contributed by atoms with Gasteiger partial charge in [-0.05, 0) is 30.0 Å². The van der Waals surface area contributed by atoms with Gasteiger partial charge < -0.3 is 9.80 Å². The Hall–Kier alpha value is -3.48. The maximum Gasteiger partial charge on any atom is 0.275 e. The van der Waals surface area contributed by atoms with Crippen LogP contribution in [0.15, 0.2) is 53.3 Å². The van der Waals surface area contributed by atoms with Crippen LogP contribution in [0.1, 0.15) is 34.5 Å². The molecule has 0 saturated carbocycles. The molecule has 2 aliphatic rings. The second kappa shape index (κ2) is 7.65. The number of rotatable bonds is 2. The Labute approximate surface area is 179 Å². The van der Waals surface area contributed by atoms with E-state index >= 15 is 0 Å². The highest BCUT2D eigenvalue weighted by Gasteiger charge is 2.38. The van der Waals surface area contributed by atoms with Gasteiger partial charge in [0.1, 0.15) is 6.04 Å². The minimum atomic E-state index is -0.571. The highest BCUT2D eigenvalue weighted by atomic mass is 16.2. The van der Waals surface area contributed by atoms with E-state index in [1.54, 1.807) is 36.2 Å². The van der Waals surface area contributed by atoms with Gasteiger partial charge >= 0.3 is 0 Å². The van der Waals surface area contributed by atoms with Crippen molar-refractivity contribution < 1.29 is 9.59 Å². The Morgan fingerprint density at radius 1 is 0.935 bits per heavy atom. The minimum Gasteiger partial charge on any atom is -0.341 e. The summed E-state index contributed by atoms with van der Waals surface area (Å²) < 4.78 is 1.20. The molecular weight excluding hydrogens is 392 g/mol. The number of nitrogens with zero attached hydrogens (tertiary/aromatic N) is 4. The maximum atomic E-state index is 13.8. The third-order valence-electron chi connectivity index (χ3n) is 6.37. The molecule has 158 valence electrons. The molecule has 7 nitrogen and oxygen atoms in total. The van der Waals surface area contributed by atoms with Gasteiger partial charge in [-0.25, -0.2) is 4.68 Å². The van der Waals surface area contributed by atoms with Gasteiger partial charge in [0.05, 0.1) is 5.39 Å². The van der Waals surface area contributed by atoms with Crippen LogP contribution in [0, 0.1) is 0 Å². The molecular formula is C24H24N4O3. The van der Waals surface area contributed by atoms with E-state index in [-0.39, 0.29) is 23.1 Å². The van der Waals surface area contributed by atoms with Crippen molar-refractivity contribution in [2.45, 2.75) is 31.8 Å². The number of hydrogen-bond acceptors (Lipinski definition) is 4. The summed E-state index contributed by atoms with van der Waals surface area (Å²) in [6.45, 7) is 1.82. The SMILES string of the molecule is Cn1nc(C(=O)N2Cc3ccccc3C[C@H]2C(=O)N2CCCC2)c2ccccc2c1=O. The van der Waals surface area contributed by atoms with Crippen LogP contribution in [0.2, 0.25) is 0 Å². The zero-order valence-corrected chi connectivity index (χ0v) is 17.5. The molecule has 2 aliphatic heterocycles. The monoisotopic (exact) mass is 416 g/mol. The molecule has 0 aliphatic carbocycles. The first kappa shape index (κ1) is 19.5. The van der Waals surface area contributed by atoms with E-state index in [1.807, 2.05) is 29.2 Å². The van der Waals surface area contributed by atoms with Crippen molar-refractivity contribution in [2.75, 3.05) is 13.1 Å². The van der Waals surface area contributed by atoms with Crippen molar-refractivity contribution >= 4 is 22.6 Å². The number of aromatic nitrogens is 2. The van der Waals surface area contributed by atoms with E-state index in [2.05, 4.69) is 5.10 Å². The molecule has 0 bridgehead atoms. The third-order valence-corrected chi connectivity index (χ3v) is 6.37. The minimum absolute atomic E-state index is 0.00511. The first-order valence-electron chi connectivity index (χ1n) is 10.7. The quantitative estimate of drug-likeness (QED) is 0.641. The average molecular weight is 416 g/mol. The molecule has 5 rings (SSSR count). The second-order valence-corrected chi connectivity index (χ2v) is 8.28. The van der Waals surface area contributed by atoms with Crippen LogP contribution < -0.4 is 5.56 Å².